The van der Waals surface area contributed by atoms with Gasteiger partial charge < -0.3 is 14.6 Å². The van der Waals surface area contributed by atoms with E-state index in [-0.39, 0.29) is 29.5 Å². The molecular weight excluding hydrogens is 411 g/mol. The van der Waals surface area contributed by atoms with Crippen molar-refractivity contribution in [3.05, 3.63) is 74.7 Å². The molecule has 1 fully saturated rings. The van der Waals surface area contributed by atoms with Crippen molar-refractivity contribution in [2.75, 3.05) is 39.4 Å². The zero-order valence-corrected chi connectivity index (χ0v) is 18.0. The summed E-state index contributed by atoms with van der Waals surface area (Å²) < 4.78 is 19.6. The highest BCUT2D eigenvalue weighted by Crippen LogP contribution is 2.27. The number of H-pyrrole nitrogens is 1. The number of likely N-dealkylation sites (tertiary alicyclic amines) is 1. The number of nitrogens with zero attached hydrogens (tertiary/aromatic N) is 3. The predicted molar refractivity (Wildman–Crippen MR) is 117 cm³/mol. The van der Waals surface area contributed by atoms with Crippen LogP contribution < -0.4 is 5.56 Å². The van der Waals surface area contributed by atoms with Crippen LogP contribution in [0, 0.1) is 5.82 Å². The smallest absolute Gasteiger partial charge is 0.257 e. The van der Waals surface area contributed by atoms with Crippen LogP contribution in [0.1, 0.15) is 46.2 Å². The zero-order chi connectivity index (χ0) is 22.1. The van der Waals surface area contributed by atoms with Crippen molar-refractivity contribution in [2.24, 2.45) is 0 Å². The topological polar surface area (TPSA) is 78.5 Å². The fraction of sp³-hybridized carbons (Fsp3) is 0.458. The van der Waals surface area contributed by atoms with Gasteiger partial charge in [0.2, 0.25) is 0 Å². The lowest BCUT2D eigenvalue weighted by Crippen LogP contribution is -2.40. The summed E-state index contributed by atoms with van der Waals surface area (Å²) in [5, 5.41) is 0. The van der Waals surface area contributed by atoms with E-state index in [1.54, 1.807) is 17.0 Å². The molecule has 3 aliphatic rings. The van der Waals surface area contributed by atoms with Gasteiger partial charge in [0.15, 0.2) is 0 Å². The second-order valence-corrected chi connectivity index (χ2v) is 8.76. The molecule has 0 saturated carbocycles. The Morgan fingerprint density at radius 2 is 2.16 bits per heavy atom. The van der Waals surface area contributed by atoms with Gasteiger partial charge in [0.25, 0.3) is 11.5 Å². The molecule has 7 nitrogen and oxygen atoms in total. The number of carbonyl (C=O) groups is 1. The monoisotopic (exact) mass is 438 g/mol. The lowest BCUT2D eigenvalue weighted by molar-refractivity contribution is 0.0726. The van der Waals surface area contributed by atoms with Crippen molar-refractivity contribution < 1.29 is 13.9 Å². The van der Waals surface area contributed by atoms with Gasteiger partial charge in [0, 0.05) is 31.1 Å². The van der Waals surface area contributed by atoms with Crippen molar-refractivity contribution in [2.45, 2.75) is 31.7 Å². The molecule has 1 N–H and O–H groups in total. The van der Waals surface area contributed by atoms with Gasteiger partial charge in [-0.05, 0) is 43.5 Å². The van der Waals surface area contributed by atoms with E-state index in [1.807, 2.05) is 0 Å². The molecule has 1 aromatic heterocycles. The summed E-state index contributed by atoms with van der Waals surface area (Å²) in [7, 11) is 0. The fourth-order valence-electron chi connectivity index (χ4n) is 4.84. The predicted octanol–water partition coefficient (Wildman–Crippen LogP) is 2.24. The summed E-state index contributed by atoms with van der Waals surface area (Å²) in [6.45, 7) is 4.75. The molecule has 0 aliphatic carbocycles. The molecule has 0 spiro atoms. The Bertz CT molecular complexity index is 1110. The zero-order valence-electron chi connectivity index (χ0n) is 18.0. The van der Waals surface area contributed by atoms with Crippen molar-refractivity contribution in [1.82, 2.24) is 19.8 Å². The van der Waals surface area contributed by atoms with Crippen LogP contribution in [-0.4, -0.2) is 65.1 Å². The van der Waals surface area contributed by atoms with Crippen molar-refractivity contribution in [3.8, 4) is 0 Å². The average Bonchev–Trinajstić information content (AvgIpc) is 3.28. The maximum Gasteiger partial charge on any atom is 0.257 e. The van der Waals surface area contributed by atoms with Gasteiger partial charge in [-0.2, -0.15) is 0 Å². The number of benzene rings is 1. The second kappa shape index (κ2) is 8.96. The molecule has 32 heavy (non-hydrogen) atoms. The Kier molecular flexibility index (Phi) is 5.89. The number of hydrogen-bond donors (Lipinski definition) is 1. The first kappa shape index (κ1) is 21.0. The number of hydrogen-bond acceptors (Lipinski definition) is 5. The Balaban J connectivity index is 1.31. The third-order valence-corrected chi connectivity index (χ3v) is 6.55. The van der Waals surface area contributed by atoms with E-state index in [0.717, 1.165) is 39.1 Å². The summed E-state index contributed by atoms with van der Waals surface area (Å²) in [5.74, 6) is -0.0687. The molecule has 2 aromatic rings. The first-order chi connectivity index (χ1) is 15.6. The summed E-state index contributed by atoms with van der Waals surface area (Å²) >= 11 is 0. The standard InChI is InChI=1S/C24H27FN4O3/c25-20-6-2-1-5-18(20)24(31)29-10-8-19-21(14-29)26-22(27-23(19)30)17-7-9-28(13-17)12-16-4-3-11-32-15-16/h1-2,4-6,17H,3,7-15H2,(H,26,27,30)/t17-/m1/s1. The van der Waals surface area contributed by atoms with Crippen LogP contribution >= 0.6 is 0 Å². The van der Waals surface area contributed by atoms with Gasteiger partial charge in [0.05, 0.1) is 31.0 Å². The van der Waals surface area contributed by atoms with Gasteiger partial charge in [-0.3, -0.25) is 14.5 Å². The Morgan fingerprint density at radius 3 is 2.97 bits per heavy atom. The second-order valence-electron chi connectivity index (χ2n) is 8.76. The minimum absolute atomic E-state index is 0.0495. The SMILES string of the molecule is O=C(c1ccccc1F)N1CCc2c(nc([C@@H]3CCN(CC4=CCCOC4)C3)[nH]c2=O)C1. The normalized spacial score (nSPS) is 21.3. The molecule has 3 aliphatic heterocycles. The number of aromatic amines is 1. The molecule has 0 unspecified atom stereocenters. The van der Waals surface area contributed by atoms with Crippen molar-refractivity contribution in [3.63, 3.8) is 0 Å². The lowest BCUT2D eigenvalue weighted by atomic mass is 10.0. The van der Waals surface area contributed by atoms with Gasteiger partial charge in [0.1, 0.15) is 11.6 Å². The largest absolute Gasteiger partial charge is 0.377 e. The Hall–Kier alpha value is -2.84. The number of ether oxygens (including phenoxy) is 1. The van der Waals surface area contributed by atoms with Crippen LogP contribution in [0.2, 0.25) is 0 Å². The van der Waals surface area contributed by atoms with E-state index in [4.69, 9.17) is 9.72 Å². The van der Waals surface area contributed by atoms with Crippen LogP contribution in [0.15, 0.2) is 40.7 Å². The quantitative estimate of drug-likeness (QED) is 0.741. The highest BCUT2D eigenvalue weighted by molar-refractivity contribution is 5.94. The van der Waals surface area contributed by atoms with Gasteiger partial charge in [-0.25, -0.2) is 9.37 Å². The van der Waals surface area contributed by atoms with E-state index in [1.165, 1.54) is 17.7 Å². The van der Waals surface area contributed by atoms with E-state index in [9.17, 15) is 14.0 Å². The van der Waals surface area contributed by atoms with Crippen LogP contribution in [-0.2, 0) is 17.7 Å². The van der Waals surface area contributed by atoms with E-state index < -0.39 is 5.82 Å². The number of rotatable bonds is 4. The van der Waals surface area contributed by atoms with E-state index in [0.29, 0.717) is 36.7 Å². The molecule has 0 radical (unpaired) electrons. The maximum atomic E-state index is 14.1. The molecule has 1 atom stereocenters. The number of carbonyl (C=O) groups excluding carboxylic acids is 1. The molecule has 0 bridgehead atoms. The van der Waals surface area contributed by atoms with Gasteiger partial charge >= 0.3 is 0 Å². The molecule has 168 valence electrons. The van der Waals surface area contributed by atoms with Crippen LogP contribution in [0.3, 0.4) is 0 Å². The third-order valence-electron chi connectivity index (χ3n) is 6.55. The number of halogens is 1. The van der Waals surface area contributed by atoms with Crippen LogP contribution in [0.5, 0.6) is 0 Å². The average molecular weight is 439 g/mol. The molecule has 1 amide bonds. The number of nitrogens with one attached hydrogen (secondary N) is 1. The minimum atomic E-state index is -0.535. The van der Waals surface area contributed by atoms with Gasteiger partial charge in [-0.1, -0.05) is 18.2 Å². The summed E-state index contributed by atoms with van der Waals surface area (Å²) in [4.78, 5) is 37.3. The molecule has 1 aromatic carbocycles. The lowest BCUT2D eigenvalue weighted by Gasteiger charge is -2.28. The minimum Gasteiger partial charge on any atom is -0.377 e. The summed E-state index contributed by atoms with van der Waals surface area (Å²) in [6, 6.07) is 5.99. The fourth-order valence-corrected chi connectivity index (χ4v) is 4.84. The Morgan fingerprint density at radius 1 is 1.28 bits per heavy atom. The number of fused-ring (bicyclic) bond motifs is 1. The molecule has 8 heteroatoms. The highest BCUT2D eigenvalue weighted by Gasteiger charge is 2.30. The molecule has 4 heterocycles. The molecule has 5 rings (SSSR count). The molecule has 1 saturated heterocycles. The third kappa shape index (κ3) is 4.25. The van der Waals surface area contributed by atoms with Crippen LogP contribution in [0.25, 0.3) is 0 Å². The van der Waals surface area contributed by atoms with Crippen molar-refractivity contribution in [1.29, 1.82) is 0 Å². The van der Waals surface area contributed by atoms with Crippen molar-refractivity contribution >= 4 is 5.91 Å². The first-order valence-corrected chi connectivity index (χ1v) is 11.2. The highest BCUT2D eigenvalue weighted by atomic mass is 19.1. The summed E-state index contributed by atoms with van der Waals surface area (Å²) in [6.07, 6.45) is 4.57. The van der Waals surface area contributed by atoms with E-state index >= 15 is 0 Å². The van der Waals surface area contributed by atoms with Gasteiger partial charge in [-0.15, -0.1) is 0 Å². The Labute approximate surface area is 185 Å². The number of aromatic nitrogens is 2. The van der Waals surface area contributed by atoms with Crippen LogP contribution in [0.4, 0.5) is 4.39 Å². The first-order valence-electron chi connectivity index (χ1n) is 11.2. The van der Waals surface area contributed by atoms with E-state index in [2.05, 4.69) is 16.0 Å². The number of amides is 1. The summed E-state index contributed by atoms with van der Waals surface area (Å²) in [5.41, 5.74) is 2.50. The maximum absolute atomic E-state index is 14.1. The molecular formula is C24H27FN4O3.